The molecule has 2 aromatic heterocycles. The highest BCUT2D eigenvalue weighted by molar-refractivity contribution is 7.92. The van der Waals surface area contributed by atoms with Gasteiger partial charge in [-0.15, -0.1) is 0 Å². The first-order chi connectivity index (χ1) is 15.5. The van der Waals surface area contributed by atoms with Crippen LogP contribution in [0, 0.1) is 5.92 Å². The van der Waals surface area contributed by atoms with E-state index in [2.05, 4.69) is 20.4 Å². The van der Waals surface area contributed by atoms with Crippen molar-refractivity contribution in [3.8, 4) is 0 Å². The van der Waals surface area contributed by atoms with Crippen LogP contribution < -0.4 is 5.32 Å². The Balaban J connectivity index is 1.52. The smallest absolute Gasteiger partial charge is 0.250 e. The second-order valence-corrected chi connectivity index (χ2v) is 10.6. The number of aromatic nitrogens is 4. The van der Waals surface area contributed by atoms with Crippen LogP contribution >= 0.6 is 0 Å². The first-order valence-corrected chi connectivity index (χ1v) is 12.4. The zero-order chi connectivity index (χ0) is 22.1. The number of nitrogens with one attached hydrogen (secondary N) is 1. The summed E-state index contributed by atoms with van der Waals surface area (Å²) >= 11 is 0. The molecule has 1 saturated carbocycles. The molecule has 1 atom stereocenters. The number of amides is 1. The molecule has 3 heterocycles. The zero-order valence-electron chi connectivity index (χ0n) is 17.6. The van der Waals surface area contributed by atoms with Gasteiger partial charge in [0.1, 0.15) is 18.2 Å². The van der Waals surface area contributed by atoms with E-state index in [0.29, 0.717) is 60.0 Å². The van der Waals surface area contributed by atoms with Gasteiger partial charge in [0.05, 0.1) is 21.9 Å². The van der Waals surface area contributed by atoms with E-state index in [4.69, 9.17) is 4.74 Å². The van der Waals surface area contributed by atoms with Crippen molar-refractivity contribution in [3.63, 3.8) is 0 Å². The van der Waals surface area contributed by atoms with Crippen LogP contribution in [0.5, 0.6) is 0 Å². The molecule has 1 N–H and O–H groups in total. The minimum Gasteiger partial charge on any atom is -0.381 e. The van der Waals surface area contributed by atoms with Gasteiger partial charge in [0, 0.05) is 24.8 Å². The maximum atomic E-state index is 13.3. The molecule has 0 radical (unpaired) electrons. The largest absolute Gasteiger partial charge is 0.381 e. The molecule has 9 nitrogen and oxygen atoms in total. The minimum atomic E-state index is -3.39. The van der Waals surface area contributed by atoms with E-state index in [1.54, 1.807) is 35.3 Å². The van der Waals surface area contributed by atoms with Crippen molar-refractivity contribution in [1.29, 1.82) is 0 Å². The molecule has 1 unspecified atom stereocenters. The predicted octanol–water partition coefficient (Wildman–Crippen LogP) is 2.76. The first-order valence-electron chi connectivity index (χ1n) is 10.9. The number of fused-ring (bicyclic) bond motifs is 1. The summed E-state index contributed by atoms with van der Waals surface area (Å²) in [7, 11) is -3.39. The summed E-state index contributed by atoms with van der Waals surface area (Å²) in [5, 5.41) is 7.61. The van der Waals surface area contributed by atoms with Crippen LogP contribution in [0.4, 0.5) is 5.82 Å². The van der Waals surface area contributed by atoms with E-state index >= 15 is 0 Å². The number of benzene rings is 1. The van der Waals surface area contributed by atoms with Crippen molar-refractivity contribution in [2.75, 3.05) is 18.5 Å². The van der Waals surface area contributed by atoms with Crippen LogP contribution in [-0.4, -0.2) is 52.5 Å². The van der Waals surface area contributed by atoms with Gasteiger partial charge in [-0.2, -0.15) is 5.10 Å². The SMILES string of the molecule is O=C(Nc1ccncn1)C(CC1CCOCC1)n1ncc2c(S(=O)(=O)C3CC3)cccc21. The third-order valence-electron chi connectivity index (χ3n) is 6.20. The third kappa shape index (κ3) is 4.12. The van der Waals surface area contributed by atoms with Gasteiger partial charge in [0.15, 0.2) is 9.84 Å². The van der Waals surface area contributed by atoms with Gasteiger partial charge < -0.3 is 10.1 Å². The lowest BCUT2D eigenvalue weighted by molar-refractivity contribution is -0.120. The fourth-order valence-electron chi connectivity index (χ4n) is 4.29. The van der Waals surface area contributed by atoms with Gasteiger partial charge >= 0.3 is 0 Å². The number of anilines is 1. The van der Waals surface area contributed by atoms with Crippen molar-refractivity contribution in [3.05, 3.63) is 43.0 Å². The summed E-state index contributed by atoms with van der Waals surface area (Å²) in [4.78, 5) is 21.6. The predicted molar refractivity (Wildman–Crippen MR) is 118 cm³/mol. The number of hydrogen-bond donors (Lipinski definition) is 1. The Kier molecular flexibility index (Phi) is 5.64. The average Bonchev–Trinajstić information content (AvgIpc) is 3.59. The summed E-state index contributed by atoms with van der Waals surface area (Å²) < 4.78 is 33.0. The second-order valence-electron chi connectivity index (χ2n) is 8.41. The highest BCUT2D eigenvalue weighted by Crippen LogP contribution is 2.37. The molecule has 5 rings (SSSR count). The average molecular weight is 456 g/mol. The van der Waals surface area contributed by atoms with Crippen molar-refractivity contribution in [2.45, 2.75) is 48.3 Å². The van der Waals surface area contributed by atoms with Gasteiger partial charge in [0.25, 0.3) is 0 Å². The summed E-state index contributed by atoms with van der Waals surface area (Å²) in [6.45, 7) is 1.35. The van der Waals surface area contributed by atoms with E-state index in [0.717, 1.165) is 12.8 Å². The molecule has 3 aromatic rings. The lowest BCUT2D eigenvalue weighted by Gasteiger charge is -2.26. The molecule has 0 spiro atoms. The molecular formula is C22H25N5O4S. The number of carbonyl (C=O) groups excluding carboxylic acids is 1. The van der Waals surface area contributed by atoms with Crippen molar-refractivity contribution in [1.82, 2.24) is 19.7 Å². The molecule has 1 aliphatic carbocycles. The lowest BCUT2D eigenvalue weighted by atomic mass is 9.92. The van der Waals surface area contributed by atoms with Crippen molar-refractivity contribution in [2.24, 2.45) is 5.92 Å². The zero-order valence-corrected chi connectivity index (χ0v) is 18.4. The van der Waals surface area contributed by atoms with E-state index in [9.17, 15) is 13.2 Å². The summed E-state index contributed by atoms with van der Waals surface area (Å²) in [5.74, 6) is 0.480. The Hall–Kier alpha value is -2.85. The standard InChI is InChI=1S/C22H25N5O4S/c28-22(26-21-6-9-23-14-24-21)19(12-15-7-10-31-11-8-15)27-18-2-1-3-20(17(18)13-25-27)32(29,30)16-4-5-16/h1-3,6,9,13-16,19H,4-5,7-8,10-12H2,(H,23,24,26,28). The van der Waals surface area contributed by atoms with Gasteiger partial charge in [-0.25, -0.2) is 18.4 Å². The van der Waals surface area contributed by atoms with E-state index in [1.807, 2.05) is 6.07 Å². The van der Waals surface area contributed by atoms with Crippen LogP contribution in [-0.2, 0) is 19.4 Å². The minimum absolute atomic E-state index is 0.240. The van der Waals surface area contributed by atoms with Crippen molar-refractivity contribution >= 4 is 32.5 Å². The normalized spacial score (nSPS) is 18.5. The Morgan fingerprint density at radius 2 is 2.00 bits per heavy atom. The Morgan fingerprint density at radius 3 is 2.72 bits per heavy atom. The molecule has 1 amide bonds. The fraction of sp³-hybridized carbons (Fsp3) is 0.455. The third-order valence-corrected chi connectivity index (χ3v) is 8.52. The highest BCUT2D eigenvalue weighted by atomic mass is 32.2. The van der Waals surface area contributed by atoms with Crippen LogP contribution in [0.25, 0.3) is 10.9 Å². The summed E-state index contributed by atoms with van der Waals surface area (Å²) in [6.07, 6.45) is 8.22. The Labute approximate surface area is 186 Å². The molecule has 0 bridgehead atoms. The number of ether oxygens (including phenoxy) is 1. The van der Waals surface area contributed by atoms with Crippen LogP contribution in [0.2, 0.25) is 0 Å². The molecule has 1 aromatic carbocycles. The lowest BCUT2D eigenvalue weighted by Crippen LogP contribution is -2.30. The molecule has 1 aliphatic heterocycles. The van der Waals surface area contributed by atoms with Gasteiger partial charge in [-0.3, -0.25) is 9.48 Å². The molecule has 2 fully saturated rings. The van der Waals surface area contributed by atoms with Crippen molar-refractivity contribution < 1.29 is 17.9 Å². The second kappa shape index (κ2) is 8.59. The molecule has 1 saturated heterocycles. The number of hydrogen-bond acceptors (Lipinski definition) is 7. The maximum absolute atomic E-state index is 13.3. The summed E-state index contributed by atoms with van der Waals surface area (Å²) in [6, 6.07) is 6.21. The first kappa shape index (κ1) is 21.0. The molecular weight excluding hydrogens is 430 g/mol. The Bertz CT molecular complexity index is 1220. The van der Waals surface area contributed by atoms with E-state index in [1.165, 1.54) is 6.33 Å². The molecule has 32 heavy (non-hydrogen) atoms. The van der Waals surface area contributed by atoms with Crippen LogP contribution in [0.1, 0.15) is 38.1 Å². The Morgan fingerprint density at radius 1 is 1.19 bits per heavy atom. The van der Waals surface area contributed by atoms with Gasteiger partial charge in [-0.1, -0.05) is 6.07 Å². The van der Waals surface area contributed by atoms with Crippen LogP contribution in [0.3, 0.4) is 0 Å². The number of carbonyl (C=O) groups is 1. The number of rotatable bonds is 7. The number of nitrogens with zero attached hydrogens (tertiary/aromatic N) is 4. The molecule has 10 heteroatoms. The maximum Gasteiger partial charge on any atom is 0.250 e. The molecule has 2 aliphatic rings. The highest BCUT2D eigenvalue weighted by Gasteiger charge is 2.38. The van der Waals surface area contributed by atoms with Gasteiger partial charge in [-0.05, 0) is 56.2 Å². The van der Waals surface area contributed by atoms with Gasteiger partial charge in [0.2, 0.25) is 5.91 Å². The van der Waals surface area contributed by atoms with E-state index in [-0.39, 0.29) is 11.2 Å². The molecule has 168 valence electrons. The monoisotopic (exact) mass is 455 g/mol. The summed E-state index contributed by atoms with van der Waals surface area (Å²) in [5.41, 5.74) is 0.640. The number of sulfone groups is 1. The van der Waals surface area contributed by atoms with E-state index < -0.39 is 15.9 Å². The van der Waals surface area contributed by atoms with Crippen LogP contribution in [0.15, 0.2) is 47.9 Å². The quantitative estimate of drug-likeness (QED) is 0.582. The fourth-order valence-corrected chi connectivity index (χ4v) is 6.14. The topological polar surface area (TPSA) is 116 Å².